The highest BCUT2D eigenvalue weighted by Crippen LogP contribution is 2.40. The molecular formula is C11H8Cl2FNO. The van der Waals surface area contributed by atoms with E-state index in [2.05, 4.69) is 0 Å². The van der Waals surface area contributed by atoms with Gasteiger partial charge in [0.25, 0.3) is 0 Å². The fourth-order valence-corrected chi connectivity index (χ4v) is 2.38. The van der Waals surface area contributed by atoms with Crippen molar-refractivity contribution in [3.05, 3.63) is 28.0 Å². The highest BCUT2D eigenvalue weighted by atomic mass is 35.5. The second-order valence-corrected chi connectivity index (χ2v) is 4.32. The highest BCUT2D eigenvalue weighted by molar-refractivity contribution is 6.33. The molecule has 0 N–H and O–H groups in total. The first kappa shape index (κ1) is 11.5. The Hall–Kier alpha value is -0.980. The van der Waals surface area contributed by atoms with Crippen molar-refractivity contribution < 1.29 is 9.13 Å². The first-order chi connectivity index (χ1) is 7.65. The number of benzene rings is 1. The lowest BCUT2D eigenvalue weighted by Crippen LogP contribution is -2.12. The van der Waals surface area contributed by atoms with Gasteiger partial charge in [-0.3, -0.25) is 0 Å². The van der Waals surface area contributed by atoms with E-state index in [1.54, 1.807) is 0 Å². The summed E-state index contributed by atoms with van der Waals surface area (Å²) in [5.41, 5.74) is 1.10. The van der Waals surface area contributed by atoms with Gasteiger partial charge in [0.05, 0.1) is 17.7 Å². The van der Waals surface area contributed by atoms with E-state index in [1.165, 1.54) is 6.07 Å². The normalized spacial score (nSPS) is 15.9. The minimum atomic E-state index is -0.946. The van der Waals surface area contributed by atoms with Gasteiger partial charge in [-0.25, -0.2) is 4.39 Å². The monoisotopic (exact) mass is 259 g/mol. The molecule has 1 aromatic carbocycles. The number of nitrogens with zero attached hydrogens (tertiary/aromatic N) is 1. The first-order valence-electron chi connectivity index (χ1n) is 4.82. The third-order valence-corrected chi connectivity index (χ3v) is 3.22. The van der Waals surface area contributed by atoms with E-state index in [4.69, 9.17) is 33.2 Å². The average molecular weight is 260 g/mol. The second-order valence-electron chi connectivity index (χ2n) is 3.51. The van der Waals surface area contributed by atoms with Crippen molar-refractivity contribution in [2.75, 3.05) is 6.61 Å². The molecule has 0 radical (unpaired) electrons. The molecule has 0 bridgehead atoms. The van der Waals surface area contributed by atoms with E-state index in [0.29, 0.717) is 24.3 Å². The van der Waals surface area contributed by atoms with Crippen molar-refractivity contribution in [1.29, 1.82) is 5.26 Å². The number of nitriles is 1. The first-order valence-corrected chi connectivity index (χ1v) is 5.64. The fourth-order valence-electron chi connectivity index (χ4n) is 1.81. The summed E-state index contributed by atoms with van der Waals surface area (Å²) in [4.78, 5) is 0. The van der Waals surface area contributed by atoms with Gasteiger partial charge in [-0.05, 0) is 12.8 Å². The van der Waals surface area contributed by atoms with E-state index < -0.39 is 11.2 Å². The predicted molar refractivity (Wildman–Crippen MR) is 59.4 cm³/mol. The van der Waals surface area contributed by atoms with Crippen LogP contribution >= 0.6 is 23.2 Å². The number of halogens is 3. The van der Waals surface area contributed by atoms with Crippen molar-refractivity contribution in [3.63, 3.8) is 0 Å². The van der Waals surface area contributed by atoms with Gasteiger partial charge in [-0.15, -0.1) is 11.6 Å². The second kappa shape index (κ2) is 4.48. The van der Waals surface area contributed by atoms with Crippen LogP contribution in [-0.4, -0.2) is 6.61 Å². The standard InChI is InChI=1S/C11H8Cl2FNO/c12-7(5-15)10-6-2-1-3-16-9(6)4-8(14)11(10)13/h4,7H,1-3H2. The summed E-state index contributed by atoms with van der Waals surface area (Å²) in [6, 6.07) is 3.11. The van der Waals surface area contributed by atoms with E-state index in [1.807, 2.05) is 6.07 Å². The molecule has 0 spiro atoms. The van der Waals surface area contributed by atoms with Crippen LogP contribution in [0.4, 0.5) is 4.39 Å². The molecule has 0 aromatic heterocycles. The molecule has 0 aliphatic carbocycles. The van der Waals surface area contributed by atoms with Gasteiger partial charge in [0.1, 0.15) is 16.9 Å². The lowest BCUT2D eigenvalue weighted by molar-refractivity contribution is 0.286. The summed E-state index contributed by atoms with van der Waals surface area (Å²) in [5, 5.41) is 7.78. The van der Waals surface area contributed by atoms with Gasteiger partial charge in [0, 0.05) is 17.2 Å². The van der Waals surface area contributed by atoms with Gasteiger partial charge in [0.2, 0.25) is 0 Å². The molecule has 2 rings (SSSR count). The Morgan fingerprint density at radius 2 is 2.31 bits per heavy atom. The summed E-state index contributed by atoms with van der Waals surface area (Å²) >= 11 is 11.7. The Morgan fingerprint density at radius 3 is 3.00 bits per heavy atom. The average Bonchev–Trinajstić information content (AvgIpc) is 2.30. The van der Waals surface area contributed by atoms with E-state index in [-0.39, 0.29) is 5.02 Å². The topological polar surface area (TPSA) is 33.0 Å². The van der Waals surface area contributed by atoms with Gasteiger partial charge >= 0.3 is 0 Å². The molecule has 1 atom stereocenters. The van der Waals surface area contributed by atoms with Crippen LogP contribution in [0.5, 0.6) is 5.75 Å². The maximum Gasteiger partial charge on any atom is 0.147 e. The molecule has 0 saturated carbocycles. The number of hydrogen-bond acceptors (Lipinski definition) is 2. The Labute approximate surface area is 103 Å². The number of ether oxygens (including phenoxy) is 1. The third kappa shape index (κ3) is 1.83. The van der Waals surface area contributed by atoms with Crippen molar-refractivity contribution in [2.45, 2.75) is 18.2 Å². The van der Waals surface area contributed by atoms with Crippen molar-refractivity contribution in [3.8, 4) is 11.8 Å². The molecule has 1 heterocycles. The van der Waals surface area contributed by atoms with Gasteiger partial charge in [0.15, 0.2) is 0 Å². The van der Waals surface area contributed by atoms with E-state index in [0.717, 1.165) is 12.0 Å². The van der Waals surface area contributed by atoms with Crippen molar-refractivity contribution >= 4 is 23.2 Å². The molecule has 0 saturated heterocycles. The molecule has 5 heteroatoms. The Bertz CT molecular complexity index is 470. The van der Waals surface area contributed by atoms with Crippen LogP contribution < -0.4 is 4.74 Å². The smallest absolute Gasteiger partial charge is 0.147 e. The Balaban J connectivity index is 2.64. The van der Waals surface area contributed by atoms with E-state index in [9.17, 15) is 4.39 Å². The summed E-state index contributed by atoms with van der Waals surface area (Å²) < 4.78 is 18.8. The van der Waals surface area contributed by atoms with Crippen LogP contribution in [0.2, 0.25) is 5.02 Å². The maximum atomic E-state index is 13.5. The molecule has 1 unspecified atom stereocenters. The van der Waals surface area contributed by atoms with Crippen LogP contribution in [0.3, 0.4) is 0 Å². The third-order valence-electron chi connectivity index (χ3n) is 2.52. The van der Waals surface area contributed by atoms with Gasteiger partial charge < -0.3 is 4.74 Å². The molecule has 1 aliphatic heterocycles. The van der Waals surface area contributed by atoms with Crippen molar-refractivity contribution in [1.82, 2.24) is 0 Å². The zero-order valence-corrected chi connectivity index (χ0v) is 9.78. The van der Waals surface area contributed by atoms with Crippen LogP contribution in [-0.2, 0) is 6.42 Å². The molecular weight excluding hydrogens is 252 g/mol. The number of fused-ring (bicyclic) bond motifs is 1. The minimum Gasteiger partial charge on any atom is -0.493 e. The largest absolute Gasteiger partial charge is 0.493 e. The number of hydrogen-bond donors (Lipinski definition) is 0. The zero-order valence-electron chi connectivity index (χ0n) is 8.27. The molecule has 0 amide bonds. The summed E-state index contributed by atoms with van der Waals surface area (Å²) in [7, 11) is 0. The van der Waals surface area contributed by atoms with Crippen LogP contribution in [0, 0.1) is 17.1 Å². The lowest BCUT2D eigenvalue weighted by atomic mass is 9.97. The summed E-state index contributed by atoms with van der Waals surface area (Å²) in [5.74, 6) is -0.151. The van der Waals surface area contributed by atoms with Gasteiger partial charge in [-0.1, -0.05) is 11.6 Å². The van der Waals surface area contributed by atoms with Crippen LogP contribution in [0.15, 0.2) is 6.07 Å². The van der Waals surface area contributed by atoms with Crippen LogP contribution in [0.25, 0.3) is 0 Å². The predicted octanol–water partition coefficient (Wildman–Crippen LogP) is 3.61. The Kier molecular flexibility index (Phi) is 3.22. The quantitative estimate of drug-likeness (QED) is 0.722. The summed E-state index contributed by atoms with van der Waals surface area (Å²) in [6.45, 7) is 0.549. The fraction of sp³-hybridized carbons (Fsp3) is 0.364. The summed E-state index contributed by atoms with van der Waals surface area (Å²) in [6.07, 6.45) is 1.52. The molecule has 1 aliphatic rings. The highest BCUT2D eigenvalue weighted by Gasteiger charge is 2.25. The SMILES string of the molecule is N#CC(Cl)c1c(Cl)c(F)cc2c1CCCO2. The number of alkyl halides is 1. The van der Waals surface area contributed by atoms with Crippen molar-refractivity contribution in [2.24, 2.45) is 0 Å². The molecule has 1 aromatic rings. The minimum absolute atomic E-state index is 0.0780. The van der Waals surface area contributed by atoms with Crippen LogP contribution in [0.1, 0.15) is 22.9 Å². The van der Waals surface area contributed by atoms with E-state index >= 15 is 0 Å². The van der Waals surface area contributed by atoms with Gasteiger partial charge in [-0.2, -0.15) is 5.26 Å². The maximum absolute atomic E-state index is 13.5. The lowest BCUT2D eigenvalue weighted by Gasteiger charge is -2.22. The molecule has 0 fully saturated rings. The molecule has 16 heavy (non-hydrogen) atoms. The zero-order chi connectivity index (χ0) is 11.7. The molecule has 84 valence electrons. The molecule has 2 nitrogen and oxygen atoms in total. The Morgan fingerprint density at radius 1 is 1.56 bits per heavy atom. The number of rotatable bonds is 1.